The van der Waals surface area contributed by atoms with Crippen molar-refractivity contribution in [3.63, 3.8) is 0 Å². The maximum Gasteiger partial charge on any atom is 0.0540 e. The zero-order valence-electron chi connectivity index (χ0n) is 15.8. The van der Waals surface area contributed by atoms with Gasteiger partial charge in [0.15, 0.2) is 0 Å². The SMILES string of the molecule is Cc1ccc2c(c1)cc(-c1ccccc1)n2-c1ccc(-c2ccccc2)cc1. The minimum atomic E-state index is 1.18. The average Bonchev–Trinajstić information content (AvgIpc) is 3.13. The second-order valence-electron chi connectivity index (χ2n) is 7.21. The van der Waals surface area contributed by atoms with E-state index in [1.165, 1.54) is 44.5 Å². The van der Waals surface area contributed by atoms with Gasteiger partial charge in [-0.1, -0.05) is 84.4 Å². The molecule has 0 saturated heterocycles. The molecular weight excluding hydrogens is 338 g/mol. The number of hydrogen-bond donors (Lipinski definition) is 0. The number of rotatable bonds is 3. The Hall–Kier alpha value is -3.58. The standard InChI is InChI=1S/C27H21N/c1-20-12-17-26-24(18-20)19-27(23-10-6-3-7-11-23)28(26)25-15-13-22(14-16-25)21-8-4-2-5-9-21/h2-19H,1H3. The molecule has 5 rings (SSSR count). The molecular formula is C27H21N. The number of hydrogen-bond acceptors (Lipinski definition) is 0. The van der Waals surface area contributed by atoms with Crippen molar-refractivity contribution in [2.24, 2.45) is 0 Å². The Morgan fingerprint density at radius 3 is 1.82 bits per heavy atom. The summed E-state index contributed by atoms with van der Waals surface area (Å²) in [6, 6.07) is 38.9. The molecule has 28 heavy (non-hydrogen) atoms. The maximum absolute atomic E-state index is 2.36. The van der Waals surface area contributed by atoms with Gasteiger partial charge in [0.1, 0.15) is 0 Å². The summed E-state index contributed by atoms with van der Waals surface area (Å²) in [5, 5.41) is 1.27. The molecule has 4 aromatic carbocycles. The molecule has 1 heteroatoms. The quantitative estimate of drug-likeness (QED) is 0.319. The molecule has 0 fully saturated rings. The molecule has 0 unspecified atom stereocenters. The minimum absolute atomic E-state index is 1.18. The summed E-state index contributed by atoms with van der Waals surface area (Å²) in [7, 11) is 0. The van der Waals surface area contributed by atoms with Crippen LogP contribution in [0.5, 0.6) is 0 Å². The fourth-order valence-electron chi connectivity index (χ4n) is 3.87. The van der Waals surface area contributed by atoms with E-state index in [1.807, 2.05) is 0 Å². The Balaban J connectivity index is 1.69. The Morgan fingerprint density at radius 1 is 0.536 bits per heavy atom. The van der Waals surface area contributed by atoms with Gasteiger partial charge in [0, 0.05) is 11.1 Å². The lowest BCUT2D eigenvalue weighted by molar-refractivity contribution is 1.13. The van der Waals surface area contributed by atoms with Crippen molar-refractivity contribution in [1.82, 2.24) is 4.57 Å². The molecule has 1 heterocycles. The molecule has 0 radical (unpaired) electrons. The van der Waals surface area contributed by atoms with E-state index in [1.54, 1.807) is 0 Å². The molecule has 134 valence electrons. The fraction of sp³-hybridized carbons (Fsp3) is 0.0370. The van der Waals surface area contributed by atoms with Gasteiger partial charge in [0.25, 0.3) is 0 Å². The van der Waals surface area contributed by atoms with Crippen molar-refractivity contribution in [1.29, 1.82) is 0 Å². The summed E-state index contributed by atoms with van der Waals surface area (Å²) < 4.78 is 2.36. The van der Waals surface area contributed by atoms with E-state index in [9.17, 15) is 0 Å². The summed E-state index contributed by atoms with van der Waals surface area (Å²) in [5.41, 5.74) is 8.61. The van der Waals surface area contributed by atoms with Crippen LogP contribution in [0, 0.1) is 6.92 Å². The van der Waals surface area contributed by atoms with Gasteiger partial charge in [-0.2, -0.15) is 0 Å². The second kappa shape index (κ2) is 6.86. The third-order valence-electron chi connectivity index (χ3n) is 5.26. The van der Waals surface area contributed by atoms with E-state index in [4.69, 9.17) is 0 Å². The minimum Gasteiger partial charge on any atom is -0.309 e. The van der Waals surface area contributed by atoms with Crippen molar-refractivity contribution >= 4 is 10.9 Å². The molecule has 0 N–H and O–H groups in total. The highest BCUT2D eigenvalue weighted by Gasteiger charge is 2.12. The maximum atomic E-state index is 2.36. The first-order valence-electron chi connectivity index (χ1n) is 9.63. The summed E-state index contributed by atoms with van der Waals surface area (Å²) >= 11 is 0. The van der Waals surface area contributed by atoms with Crippen LogP contribution in [-0.4, -0.2) is 4.57 Å². The fourth-order valence-corrected chi connectivity index (χ4v) is 3.87. The van der Waals surface area contributed by atoms with Crippen LogP contribution in [-0.2, 0) is 0 Å². The van der Waals surface area contributed by atoms with Gasteiger partial charge < -0.3 is 4.57 Å². The highest BCUT2D eigenvalue weighted by molar-refractivity contribution is 5.89. The number of aryl methyl sites for hydroxylation is 1. The molecule has 0 aliphatic rings. The summed E-state index contributed by atoms with van der Waals surface area (Å²) in [6.45, 7) is 2.15. The number of fused-ring (bicyclic) bond motifs is 1. The summed E-state index contributed by atoms with van der Waals surface area (Å²) in [4.78, 5) is 0. The van der Waals surface area contributed by atoms with Crippen LogP contribution in [0.25, 0.3) is 39.0 Å². The Kier molecular flexibility index (Phi) is 4.06. The topological polar surface area (TPSA) is 4.93 Å². The molecule has 0 spiro atoms. The van der Waals surface area contributed by atoms with Gasteiger partial charge >= 0.3 is 0 Å². The predicted molar refractivity (Wildman–Crippen MR) is 119 cm³/mol. The first-order chi connectivity index (χ1) is 13.8. The first-order valence-corrected chi connectivity index (χ1v) is 9.63. The van der Waals surface area contributed by atoms with Crippen LogP contribution < -0.4 is 0 Å². The molecule has 0 amide bonds. The van der Waals surface area contributed by atoms with Crippen LogP contribution in [0.3, 0.4) is 0 Å². The lowest BCUT2D eigenvalue weighted by Crippen LogP contribution is -1.96. The van der Waals surface area contributed by atoms with Crippen LogP contribution in [0.4, 0.5) is 0 Å². The van der Waals surface area contributed by atoms with E-state index in [0.717, 1.165) is 0 Å². The second-order valence-corrected chi connectivity index (χ2v) is 7.21. The van der Waals surface area contributed by atoms with E-state index < -0.39 is 0 Å². The Morgan fingerprint density at radius 2 is 1.14 bits per heavy atom. The van der Waals surface area contributed by atoms with Gasteiger partial charge in [0.05, 0.1) is 11.2 Å². The predicted octanol–water partition coefficient (Wildman–Crippen LogP) is 7.27. The smallest absolute Gasteiger partial charge is 0.0540 e. The third-order valence-corrected chi connectivity index (χ3v) is 5.26. The molecule has 0 bridgehead atoms. The zero-order chi connectivity index (χ0) is 18.9. The highest BCUT2D eigenvalue weighted by Crippen LogP contribution is 2.33. The molecule has 5 aromatic rings. The average molecular weight is 359 g/mol. The zero-order valence-corrected chi connectivity index (χ0v) is 15.8. The lowest BCUT2D eigenvalue weighted by Gasteiger charge is -2.12. The number of nitrogens with zero attached hydrogens (tertiary/aromatic N) is 1. The van der Waals surface area contributed by atoms with Crippen molar-refractivity contribution in [2.45, 2.75) is 6.92 Å². The van der Waals surface area contributed by atoms with Crippen molar-refractivity contribution in [3.05, 3.63) is 115 Å². The van der Waals surface area contributed by atoms with E-state index in [0.29, 0.717) is 0 Å². The molecule has 1 aromatic heterocycles. The molecule has 1 nitrogen and oxygen atoms in total. The normalized spacial score (nSPS) is 11.0. The first kappa shape index (κ1) is 16.6. The molecule has 0 aliphatic carbocycles. The van der Waals surface area contributed by atoms with Crippen LogP contribution in [0.2, 0.25) is 0 Å². The Bertz CT molecular complexity index is 1230. The molecule has 0 saturated carbocycles. The van der Waals surface area contributed by atoms with Crippen LogP contribution >= 0.6 is 0 Å². The number of benzene rings is 4. The summed E-state index contributed by atoms with van der Waals surface area (Å²) in [5.74, 6) is 0. The Labute approximate surface area is 165 Å². The number of aromatic nitrogens is 1. The van der Waals surface area contributed by atoms with Gasteiger partial charge in [-0.05, 0) is 53.9 Å². The highest BCUT2D eigenvalue weighted by atomic mass is 15.0. The largest absolute Gasteiger partial charge is 0.309 e. The molecule has 0 atom stereocenters. The van der Waals surface area contributed by atoms with Crippen molar-refractivity contribution < 1.29 is 0 Å². The lowest BCUT2D eigenvalue weighted by atomic mass is 10.1. The van der Waals surface area contributed by atoms with Gasteiger partial charge in [-0.3, -0.25) is 0 Å². The van der Waals surface area contributed by atoms with Crippen molar-refractivity contribution in [3.8, 4) is 28.1 Å². The monoisotopic (exact) mass is 359 g/mol. The van der Waals surface area contributed by atoms with Crippen LogP contribution in [0.15, 0.2) is 109 Å². The van der Waals surface area contributed by atoms with Gasteiger partial charge in [-0.25, -0.2) is 0 Å². The van der Waals surface area contributed by atoms with Gasteiger partial charge in [-0.15, -0.1) is 0 Å². The van der Waals surface area contributed by atoms with Gasteiger partial charge in [0.2, 0.25) is 0 Å². The van der Waals surface area contributed by atoms with E-state index in [-0.39, 0.29) is 0 Å². The third kappa shape index (κ3) is 2.91. The van der Waals surface area contributed by atoms with Crippen LogP contribution in [0.1, 0.15) is 5.56 Å². The van der Waals surface area contributed by atoms with E-state index in [2.05, 4.69) is 121 Å². The van der Waals surface area contributed by atoms with Crippen molar-refractivity contribution in [2.75, 3.05) is 0 Å². The molecule has 0 aliphatic heterocycles. The van der Waals surface area contributed by atoms with E-state index >= 15 is 0 Å². The summed E-state index contributed by atoms with van der Waals surface area (Å²) in [6.07, 6.45) is 0.